The molecule has 0 radical (unpaired) electrons. The number of fused-ring (bicyclic) bond motifs is 3. The maximum Gasteiger partial charge on any atom is 0.258 e. The van der Waals surface area contributed by atoms with E-state index in [-0.39, 0.29) is 6.04 Å². The van der Waals surface area contributed by atoms with Gasteiger partial charge in [-0.3, -0.25) is 9.80 Å². The standard InChI is InChI=1S/C14H18N6O/c15-10-5-9(6-11(16)7-10)14-17-13(18-21-14)12-8-19-1-3-20(12)4-2-19/h5-7,12H,1-4,8,15-16H2. The molecule has 110 valence electrons. The summed E-state index contributed by atoms with van der Waals surface area (Å²) in [5.41, 5.74) is 13.6. The summed E-state index contributed by atoms with van der Waals surface area (Å²) in [7, 11) is 0. The number of anilines is 2. The van der Waals surface area contributed by atoms with E-state index in [0.29, 0.717) is 17.3 Å². The third kappa shape index (κ3) is 2.24. The van der Waals surface area contributed by atoms with Gasteiger partial charge in [0, 0.05) is 49.7 Å². The molecule has 2 aromatic rings. The van der Waals surface area contributed by atoms with Crippen molar-refractivity contribution in [1.82, 2.24) is 19.9 Å². The van der Waals surface area contributed by atoms with Crippen LogP contribution in [0.25, 0.3) is 11.5 Å². The monoisotopic (exact) mass is 286 g/mol. The summed E-state index contributed by atoms with van der Waals surface area (Å²) in [5.74, 6) is 1.22. The predicted octanol–water partition coefficient (Wildman–Crippen LogP) is 0.573. The molecule has 0 spiro atoms. The molecule has 2 bridgehead atoms. The number of piperazine rings is 3. The van der Waals surface area contributed by atoms with Gasteiger partial charge in [-0.05, 0) is 18.2 Å². The minimum atomic E-state index is 0.225. The lowest BCUT2D eigenvalue weighted by molar-refractivity contribution is 0.00781. The average molecular weight is 286 g/mol. The number of hydrogen-bond acceptors (Lipinski definition) is 7. The average Bonchev–Trinajstić information content (AvgIpc) is 2.97. The number of hydrogen-bond donors (Lipinski definition) is 2. The molecule has 3 fully saturated rings. The Balaban J connectivity index is 1.63. The highest BCUT2D eigenvalue weighted by Gasteiger charge is 2.35. The summed E-state index contributed by atoms with van der Waals surface area (Å²) in [6.07, 6.45) is 0. The zero-order valence-corrected chi connectivity index (χ0v) is 11.7. The van der Waals surface area contributed by atoms with Crippen molar-refractivity contribution in [1.29, 1.82) is 0 Å². The molecule has 0 saturated carbocycles. The van der Waals surface area contributed by atoms with Gasteiger partial charge in [0.05, 0.1) is 6.04 Å². The zero-order valence-electron chi connectivity index (χ0n) is 11.7. The second-order valence-corrected chi connectivity index (χ2v) is 5.70. The van der Waals surface area contributed by atoms with E-state index in [9.17, 15) is 0 Å². The SMILES string of the molecule is Nc1cc(N)cc(-c2nc(C3CN4CCN3CC4)no2)c1. The minimum Gasteiger partial charge on any atom is -0.399 e. The lowest BCUT2D eigenvalue weighted by atomic mass is 10.1. The van der Waals surface area contributed by atoms with E-state index < -0.39 is 0 Å². The van der Waals surface area contributed by atoms with Gasteiger partial charge >= 0.3 is 0 Å². The van der Waals surface area contributed by atoms with Crippen LogP contribution in [0, 0.1) is 0 Å². The Morgan fingerprint density at radius 3 is 2.38 bits per heavy atom. The van der Waals surface area contributed by atoms with Gasteiger partial charge in [0.25, 0.3) is 5.89 Å². The first-order valence-corrected chi connectivity index (χ1v) is 7.15. The summed E-state index contributed by atoms with van der Waals surface area (Å²) in [6.45, 7) is 5.37. The van der Waals surface area contributed by atoms with E-state index >= 15 is 0 Å². The molecule has 7 heteroatoms. The summed E-state index contributed by atoms with van der Waals surface area (Å²) < 4.78 is 5.40. The first-order chi connectivity index (χ1) is 10.2. The molecule has 21 heavy (non-hydrogen) atoms. The normalized spacial score (nSPS) is 27.9. The highest BCUT2D eigenvalue weighted by molar-refractivity contribution is 5.67. The molecule has 3 aliphatic rings. The Morgan fingerprint density at radius 2 is 1.76 bits per heavy atom. The number of benzene rings is 1. The molecule has 3 saturated heterocycles. The van der Waals surface area contributed by atoms with Crippen molar-refractivity contribution in [2.45, 2.75) is 6.04 Å². The van der Waals surface area contributed by atoms with E-state index in [1.807, 2.05) is 0 Å². The maximum atomic E-state index is 5.81. The van der Waals surface area contributed by atoms with Gasteiger partial charge in [-0.15, -0.1) is 0 Å². The zero-order chi connectivity index (χ0) is 14.4. The van der Waals surface area contributed by atoms with E-state index in [0.717, 1.165) is 44.1 Å². The van der Waals surface area contributed by atoms with E-state index in [2.05, 4.69) is 19.9 Å². The van der Waals surface area contributed by atoms with Crippen LogP contribution in [-0.4, -0.2) is 52.7 Å². The molecular weight excluding hydrogens is 268 g/mol. The Bertz CT molecular complexity index is 641. The molecule has 4 heterocycles. The molecule has 1 aromatic heterocycles. The number of nitrogens with two attached hydrogens (primary N) is 2. The number of rotatable bonds is 2. The van der Waals surface area contributed by atoms with Crippen LogP contribution in [0.1, 0.15) is 11.9 Å². The first-order valence-electron chi connectivity index (χ1n) is 7.15. The maximum absolute atomic E-state index is 5.81. The van der Waals surface area contributed by atoms with Gasteiger partial charge in [0.15, 0.2) is 5.82 Å². The Labute approximate surface area is 122 Å². The summed E-state index contributed by atoms with van der Waals surface area (Å²) in [5, 5.41) is 4.16. The lowest BCUT2D eigenvalue weighted by Crippen LogP contribution is -2.57. The van der Waals surface area contributed by atoms with Crippen molar-refractivity contribution < 1.29 is 4.52 Å². The second kappa shape index (κ2) is 4.71. The van der Waals surface area contributed by atoms with Gasteiger partial charge in [0.1, 0.15) is 0 Å². The third-order valence-electron chi connectivity index (χ3n) is 4.24. The van der Waals surface area contributed by atoms with Crippen LogP contribution in [0.3, 0.4) is 0 Å². The van der Waals surface area contributed by atoms with Crippen LogP contribution >= 0.6 is 0 Å². The van der Waals surface area contributed by atoms with Gasteiger partial charge < -0.3 is 16.0 Å². The second-order valence-electron chi connectivity index (χ2n) is 5.70. The number of aromatic nitrogens is 2. The van der Waals surface area contributed by atoms with Crippen molar-refractivity contribution in [2.24, 2.45) is 0 Å². The van der Waals surface area contributed by atoms with Crippen LogP contribution in [0.4, 0.5) is 11.4 Å². The molecular formula is C14H18N6O. The summed E-state index contributed by atoms with van der Waals surface area (Å²) in [6, 6.07) is 5.53. The predicted molar refractivity (Wildman–Crippen MR) is 79.3 cm³/mol. The van der Waals surface area contributed by atoms with E-state index in [1.54, 1.807) is 18.2 Å². The van der Waals surface area contributed by atoms with Gasteiger partial charge in [0.2, 0.25) is 0 Å². The Kier molecular flexibility index (Phi) is 2.83. The van der Waals surface area contributed by atoms with Crippen molar-refractivity contribution in [3.63, 3.8) is 0 Å². The molecule has 3 aliphatic heterocycles. The molecule has 4 N–H and O–H groups in total. The molecule has 0 aliphatic carbocycles. The van der Waals surface area contributed by atoms with Gasteiger partial charge in [-0.2, -0.15) is 4.98 Å². The largest absolute Gasteiger partial charge is 0.399 e. The Hall–Kier alpha value is -2.12. The molecule has 1 aromatic carbocycles. The first kappa shape index (κ1) is 12.6. The van der Waals surface area contributed by atoms with E-state index in [1.165, 1.54) is 0 Å². The quantitative estimate of drug-likeness (QED) is 0.779. The Morgan fingerprint density at radius 1 is 1.05 bits per heavy atom. The molecule has 1 atom stereocenters. The number of nitrogen functional groups attached to an aromatic ring is 2. The van der Waals surface area contributed by atoms with Crippen LogP contribution in [0.5, 0.6) is 0 Å². The van der Waals surface area contributed by atoms with E-state index in [4.69, 9.17) is 16.0 Å². The fourth-order valence-corrected chi connectivity index (χ4v) is 3.15. The number of nitrogens with zero attached hydrogens (tertiary/aromatic N) is 4. The highest BCUT2D eigenvalue weighted by Crippen LogP contribution is 2.29. The molecule has 1 unspecified atom stereocenters. The van der Waals surface area contributed by atoms with Crippen LogP contribution in [0.15, 0.2) is 22.7 Å². The lowest BCUT2D eigenvalue weighted by Gasteiger charge is -2.46. The third-order valence-corrected chi connectivity index (χ3v) is 4.24. The highest BCUT2D eigenvalue weighted by atomic mass is 16.5. The summed E-state index contributed by atoms with van der Waals surface area (Å²) in [4.78, 5) is 9.41. The molecule has 7 nitrogen and oxygen atoms in total. The smallest absolute Gasteiger partial charge is 0.258 e. The molecule has 0 amide bonds. The van der Waals surface area contributed by atoms with Crippen molar-refractivity contribution >= 4 is 11.4 Å². The van der Waals surface area contributed by atoms with Crippen molar-refractivity contribution in [3.05, 3.63) is 24.0 Å². The minimum absolute atomic E-state index is 0.225. The van der Waals surface area contributed by atoms with Crippen molar-refractivity contribution in [2.75, 3.05) is 44.2 Å². The van der Waals surface area contributed by atoms with Gasteiger partial charge in [-0.1, -0.05) is 5.16 Å². The van der Waals surface area contributed by atoms with Crippen molar-refractivity contribution in [3.8, 4) is 11.5 Å². The van der Waals surface area contributed by atoms with Crippen LogP contribution in [0.2, 0.25) is 0 Å². The van der Waals surface area contributed by atoms with Crippen LogP contribution in [-0.2, 0) is 0 Å². The summed E-state index contributed by atoms with van der Waals surface area (Å²) >= 11 is 0. The van der Waals surface area contributed by atoms with Crippen LogP contribution < -0.4 is 11.5 Å². The topological polar surface area (TPSA) is 97.4 Å². The van der Waals surface area contributed by atoms with Gasteiger partial charge in [-0.25, -0.2) is 0 Å². The fraction of sp³-hybridized carbons (Fsp3) is 0.429. The molecule has 5 rings (SSSR count). The fourth-order valence-electron chi connectivity index (χ4n) is 3.15.